The van der Waals surface area contributed by atoms with Crippen LogP contribution in [0.15, 0.2) is 18.3 Å². The van der Waals surface area contributed by atoms with Crippen molar-refractivity contribution in [1.82, 2.24) is 9.88 Å². The molecule has 1 aromatic rings. The molecule has 1 N–H and O–H groups in total. The van der Waals surface area contributed by atoms with Gasteiger partial charge in [-0.25, -0.2) is 4.98 Å². The van der Waals surface area contributed by atoms with Gasteiger partial charge < -0.3 is 15.0 Å². The van der Waals surface area contributed by atoms with E-state index in [2.05, 4.69) is 48.1 Å². The number of likely N-dealkylation sites (tertiary alicyclic amines) is 1. The van der Waals surface area contributed by atoms with Gasteiger partial charge in [0.1, 0.15) is 5.82 Å². The molecule has 0 bridgehead atoms. The summed E-state index contributed by atoms with van der Waals surface area (Å²) < 4.78 is 5.61. The molecule has 0 spiro atoms. The largest absolute Gasteiger partial charge is 0.377 e. The van der Waals surface area contributed by atoms with Gasteiger partial charge in [-0.2, -0.15) is 0 Å². The minimum Gasteiger partial charge on any atom is -0.377 e. The number of aryl methyl sites for hydroxylation is 1. The van der Waals surface area contributed by atoms with E-state index < -0.39 is 0 Å². The van der Waals surface area contributed by atoms with Crippen LogP contribution in [0.25, 0.3) is 0 Å². The third-order valence-electron chi connectivity index (χ3n) is 3.71. The third-order valence-corrected chi connectivity index (χ3v) is 3.71. The minimum absolute atomic E-state index is 0.336. The molecule has 1 aliphatic heterocycles. The monoisotopic (exact) mass is 277 g/mol. The highest BCUT2D eigenvalue weighted by Gasteiger charge is 2.21. The van der Waals surface area contributed by atoms with E-state index in [1.165, 1.54) is 25.1 Å². The second-order valence-electron chi connectivity index (χ2n) is 5.98. The molecule has 0 saturated carbocycles. The predicted molar refractivity (Wildman–Crippen MR) is 83.1 cm³/mol. The van der Waals surface area contributed by atoms with E-state index in [1.54, 1.807) is 0 Å². The molecule has 4 heteroatoms. The van der Waals surface area contributed by atoms with Gasteiger partial charge in [-0.3, -0.25) is 0 Å². The maximum atomic E-state index is 5.61. The van der Waals surface area contributed by atoms with Gasteiger partial charge in [-0.15, -0.1) is 0 Å². The van der Waals surface area contributed by atoms with Crippen molar-refractivity contribution in [2.45, 2.75) is 33.3 Å². The Morgan fingerprint density at radius 2 is 2.30 bits per heavy atom. The maximum Gasteiger partial charge on any atom is 0.125 e. The lowest BCUT2D eigenvalue weighted by Gasteiger charge is -2.17. The molecule has 4 nitrogen and oxygen atoms in total. The van der Waals surface area contributed by atoms with E-state index >= 15 is 0 Å². The number of nitrogens with one attached hydrogen (secondary N) is 1. The molecule has 2 heterocycles. The zero-order valence-corrected chi connectivity index (χ0v) is 12.9. The average Bonchev–Trinajstić information content (AvgIpc) is 2.86. The smallest absolute Gasteiger partial charge is 0.125 e. The highest BCUT2D eigenvalue weighted by atomic mass is 16.5. The third kappa shape index (κ3) is 5.10. The molecule has 0 aromatic carbocycles. The number of hydrogen-bond donors (Lipinski definition) is 1. The summed E-state index contributed by atoms with van der Waals surface area (Å²) in [6.07, 6.45) is 3.51. The SMILES string of the molecule is Cc1ccc(NCC2CCN(CCOC(C)C)C2)nc1. The van der Waals surface area contributed by atoms with Gasteiger partial charge in [0.2, 0.25) is 0 Å². The molecule has 1 saturated heterocycles. The fourth-order valence-corrected chi connectivity index (χ4v) is 2.52. The van der Waals surface area contributed by atoms with E-state index in [9.17, 15) is 0 Å². The molecule has 20 heavy (non-hydrogen) atoms. The minimum atomic E-state index is 0.336. The van der Waals surface area contributed by atoms with Crippen LogP contribution in [0, 0.1) is 12.8 Å². The van der Waals surface area contributed by atoms with Crippen LogP contribution in [0.5, 0.6) is 0 Å². The Bertz CT molecular complexity index is 391. The Morgan fingerprint density at radius 3 is 3.00 bits per heavy atom. The fraction of sp³-hybridized carbons (Fsp3) is 0.688. The van der Waals surface area contributed by atoms with Gasteiger partial charge in [0.15, 0.2) is 0 Å². The van der Waals surface area contributed by atoms with Crippen LogP contribution in [-0.2, 0) is 4.74 Å². The topological polar surface area (TPSA) is 37.4 Å². The highest BCUT2D eigenvalue weighted by Crippen LogP contribution is 2.16. The molecule has 1 fully saturated rings. The zero-order valence-electron chi connectivity index (χ0n) is 12.9. The van der Waals surface area contributed by atoms with E-state index in [1.807, 2.05) is 6.20 Å². The Kier molecular flexibility index (Phi) is 5.80. The van der Waals surface area contributed by atoms with Crippen molar-refractivity contribution in [2.24, 2.45) is 5.92 Å². The Morgan fingerprint density at radius 1 is 1.45 bits per heavy atom. The van der Waals surface area contributed by atoms with Crippen LogP contribution in [0.2, 0.25) is 0 Å². The van der Waals surface area contributed by atoms with Crippen molar-refractivity contribution in [2.75, 3.05) is 38.1 Å². The second kappa shape index (κ2) is 7.60. The van der Waals surface area contributed by atoms with Gasteiger partial charge in [0, 0.05) is 25.8 Å². The van der Waals surface area contributed by atoms with Gasteiger partial charge in [-0.1, -0.05) is 6.07 Å². The molecule has 112 valence electrons. The number of anilines is 1. The maximum absolute atomic E-state index is 5.61. The van der Waals surface area contributed by atoms with Crippen LogP contribution in [0.1, 0.15) is 25.8 Å². The fourth-order valence-electron chi connectivity index (χ4n) is 2.52. The van der Waals surface area contributed by atoms with E-state index in [4.69, 9.17) is 4.74 Å². The average molecular weight is 277 g/mol. The molecule has 2 rings (SSSR count). The van der Waals surface area contributed by atoms with Crippen molar-refractivity contribution >= 4 is 5.82 Å². The molecule has 1 unspecified atom stereocenters. The van der Waals surface area contributed by atoms with Crippen molar-refractivity contribution in [3.63, 3.8) is 0 Å². The summed E-state index contributed by atoms with van der Waals surface area (Å²) in [5.41, 5.74) is 1.20. The lowest BCUT2D eigenvalue weighted by molar-refractivity contribution is 0.0630. The van der Waals surface area contributed by atoms with Crippen LogP contribution in [0.4, 0.5) is 5.82 Å². The van der Waals surface area contributed by atoms with Gasteiger partial charge >= 0.3 is 0 Å². The van der Waals surface area contributed by atoms with Gasteiger partial charge in [0.25, 0.3) is 0 Å². The second-order valence-corrected chi connectivity index (χ2v) is 5.98. The number of hydrogen-bond acceptors (Lipinski definition) is 4. The van der Waals surface area contributed by atoms with E-state index in [-0.39, 0.29) is 0 Å². The first kappa shape index (κ1) is 15.3. The molecular formula is C16H27N3O. The van der Waals surface area contributed by atoms with Crippen LogP contribution in [-0.4, -0.2) is 48.8 Å². The van der Waals surface area contributed by atoms with Crippen molar-refractivity contribution in [3.05, 3.63) is 23.9 Å². The summed E-state index contributed by atoms with van der Waals surface area (Å²) in [6, 6.07) is 4.15. The number of pyridine rings is 1. The summed E-state index contributed by atoms with van der Waals surface area (Å²) in [5, 5.41) is 3.44. The summed E-state index contributed by atoms with van der Waals surface area (Å²) in [6.45, 7) is 11.5. The number of rotatable bonds is 7. The van der Waals surface area contributed by atoms with Crippen LogP contribution in [0.3, 0.4) is 0 Å². The van der Waals surface area contributed by atoms with Gasteiger partial charge in [-0.05, 0) is 51.3 Å². The molecule has 1 aliphatic rings. The van der Waals surface area contributed by atoms with Crippen LogP contribution < -0.4 is 5.32 Å². The van der Waals surface area contributed by atoms with Crippen molar-refractivity contribution in [1.29, 1.82) is 0 Å². The first-order valence-corrected chi connectivity index (χ1v) is 7.64. The first-order valence-electron chi connectivity index (χ1n) is 7.64. The molecule has 0 radical (unpaired) electrons. The molecular weight excluding hydrogens is 250 g/mol. The predicted octanol–water partition coefficient (Wildman–Crippen LogP) is 2.55. The molecule has 0 amide bonds. The Labute approximate surface area is 122 Å². The summed E-state index contributed by atoms with van der Waals surface area (Å²) in [5.74, 6) is 1.70. The number of aromatic nitrogens is 1. The lowest BCUT2D eigenvalue weighted by Crippen LogP contribution is -2.27. The standard InChI is InChI=1S/C16H27N3O/c1-13(2)20-9-8-19-7-6-15(12-19)11-18-16-5-4-14(3)10-17-16/h4-5,10,13,15H,6-9,11-12H2,1-3H3,(H,17,18). The number of ether oxygens (including phenoxy) is 1. The molecule has 0 aliphatic carbocycles. The lowest BCUT2D eigenvalue weighted by atomic mass is 10.1. The zero-order chi connectivity index (χ0) is 14.4. The van der Waals surface area contributed by atoms with Crippen molar-refractivity contribution < 1.29 is 4.74 Å². The summed E-state index contributed by atoms with van der Waals surface area (Å²) in [4.78, 5) is 6.88. The molecule has 1 atom stereocenters. The van der Waals surface area contributed by atoms with E-state index in [0.29, 0.717) is 6.10 Å². The van der Waals surface area contributed by atoms with Crippen LogP contribution >= 0.6 is 0 Å². The number of nitrogens with zero attached hydrogens (tertiary/aromatic N) is 2. The van der Waals surface area contributed by atoms with E-state index in [0.717, 1.165) is 31.4 Å². The van der Waals surface area contributed by atoms with Crippen molar-refractivity contribution in [3.8, 4) is 0 Å². The highest BCUT2D eigenvalue weighted by molar-refractivity contribution is 5.35. The molecule has 1 aromatic heterocycles. The Hall–Kier alpha value is -1.13. The summed E-state index contributed by atoms with van der Waals surface area (Å²) >= 11 is 0. The first-order chi connectivity index (χ1) is 9.63. The Balaban J connectivity index is 1.64. The summed E-state index contributed by atoms with van der Waals surface area (Å²) in [7, 11) is 0. The quantitative estimate of drug-likeness (QED) is 0.831. The van der Waals surface area contributed by atoms with Gasteiger partial charge in [0.05, 0.1) is 12.7 Å². The normalized spacial score (nSPS) is 19.7.